The third-order valence-electron chi connectivity index (χ3n) is 10.1. The van der Waals surface area contributed by atoms with E-state index in [1.54, 1.807) is 0 Å². The van der Waals surface area contributed by atoms with Crippen LogP contribution >= 0.6 is 11.3 Å². The lowest BCUT2D eigenvalue weighted by Crippen LogP contribution is -2.01. The normalized spacial score (nSPS) is 11.2. The lowest BCUT2D eigenvalue weighted by molar-refractivity contribution is 1.07. The number of benzene rings is 8. The standard InChI is InChI=1S/C51H34N4S/c1-6-16-34(17-7-1)38-26-28-41(43(32-38)51-54-49(36-20-10-3-11-21-36)53-50(55-51)37-22-12-4-13-23-37)39-27-30-45-44(33-39)47-46(56-45)31-29-42(35-18-8-2-9-19-35)48(47)52-40-24-14-5-15-25-40/h1-33,52H. The lowest BCUT2D eigenvalue weighted by atomic mass is 9.93. The molecule has 56 heavy (non-hydrogen) atoms. The molecule has 2 aromatic heterocycles. The van der Waals surface area contributed by atoms with Crippen LogP contribution in [0.2, 0.25) is 0 Å². The van der Waals surface area contributed by atoms with Crippen molar-refractivity contribution in [1.82, 2.24) is 15.0 Å². The van der Waals surface area contributed by atoms with Crippen molar-refractivity contribution in [2.24, 2.45) is 0 Å². The molecule has 0 saturated carbocycles. The second kappa shape index (κ2) is 14.6. The summed E-state index contributed by atoms with van der Waals surface area (Å²) in [7, 11) is 0. The minimum atomic E-state index is 0.624. The fraction of sp³-hybridized carbons (Fsp3) is 0. The Bertz CT molecular complexity index is 2910. The predicted octanol–water partition coefficient (Wildman–Crippen LogP) is 14.0. The summed E-state index contributed by atoms with van der Waals surface area (Å²) in [5.41, 5.74) is 11.6. The molecule has 10 aromatic rings. The van der Waals surface area contributed by atoms with Crippen LogP contribution in [-0.2, 0) is 0 Å². The number of para-hydroxylation sites is 1. The Morgan fingerprint density at radius 3 is 1.46 bits per heavy atom. The van der Waals surface area contributed by atoms with E-state index in [2.05, 4.69) is 163 Å². The molecule has 4 nitrogen and oxygen atoms in total. The molecule has 10 rings (SSSR count). The Labute approximate surface area is 329 Å². The van der Waals surface area contributed by atoms with Crippen molar-refractivity contribution in [3.05, 3.63) is 200 Å². The minimum Gasteiger partial charge on any atom is -0.354 e. The van der Waals surface area contributed by atoms with Crippen molar-refractivity contribution in [1.29, 1.82) is 0 Å². The molecule has 0 fully saturated rings. The van der Waals surface area contributed by atoms with Crippen LogP contribution < -0.4 is 5.32 Å². The molecule has 0 amide bonds. The van der Waals surface area contributed by atoms with Gasteiger partial charge in [-0.25, -0.2) is 15.0 Å². The number of anilines is 2. The van der Waals surface area contributed by atoms with Gasteiger partial charge in [0.15, 0.2) is 17.5 Å². The lowest BCUT2D eigenvalue weighted by Gasteiger charge is -2.16. The molecule has 2 heterocycles. The zero-order valence-electron chi connectivity index (χ0n) is 30.3. The number of hydrogen-bond acceptors (Lipinski definition) is 5. The minimum absolute atomic E-state index is 0.624. The monoisotopic (exact) mass is 734 g/mol. The van der Waals surface area contributed by atoms with Crippen molar-refractivity contribution < 1.29 is 0 Å². The van der Waals surface area contributed by atoms with Crippen LogP contribution in [-0.4, -0.2) is 15.0 Å². The van der Waals surface area contributed by atoms with Crippen LogP contribution in [0.25, 0.3) is 87.7 Å². The van der Waals surface area contributed by atoms with E-state index in [0.717, 1.165) is 55.9 Å². The van der Waals surface area contributed by atoms with Crippen LogP contribution in [0.3, 0.4) is 0 Å². The number of nitrogens with one attached hydrogen (secondary N) is 1. The van der Waals surface area contributed by atoms with E-state index in [0.29, 0.717) is 17.5 Å². The van der Waals surface area contributed by atoms with Crippen LogP contribution in [0.5, 0.6) is 0 Å². The first kappa shape index (κ1) is 33.4. The Morgan fingerprint density at radius 2 is 0.839 bits per heavy atom. The van der Waals surface area contributed by atoms with Crippen LogP contribution in [0, 0.1) is 0 Å². The molecule has 0 bridgehead atoms. The molecule has 5 heteroatoms. The summed E-state index contributed by atoms with van der Waals surface area (Å²) >= 11 is 1.82. The number of nitrogens with zero attached hydrogens (tertiary/aromatic N) is 3. The summed E-state index contributed by atoms with van der Waals surface area (Å²) in [6, 6.07) is 69.9. The topological polar surface area (TPSA) is 50.7 Å². The van der Waals surface area contributed by atoms with Gasteiger partial charge < -0.3 is 5.32 Å². The van der Waals surface area contributed by atoms with Crippen molar-refractivity contribution in [2.45, 2.75) is 0 Å². The summed E-state index contributed by atoms with van der Waals surface area (Å²) in [6.07, 6.45) is 0. The van der Waals surface area contributed by atoms with Gasteiger partial charge in [-0.15, -0.1) is 11.3 Å². The molecule has 0 aliphatic carbocycles. The van der Waals surface area contributed by atoms with E-state index in [1.807, 2.05) is 53.8 Å². The highest BCUT2D eigenvalue weighted by molar-refractivity contribution is 7.26. The fourth-order valence-corrected chi connectivity index (χ4v) is 8.50. The summed E-state index contributed by atoms with van der Waals surface area (Å²) in [6.45, 7) is 0. The molecule has 0 spiro atoms. The quantitative estimate of drug-likeness (QED) is 0.169. The highest BCUT2D eigenvalue weighted by atomic mass is 32.1. The van der Waals surface area contributed by atoms with E-state index in [1.165, 1.54) is 25.7 Å². The number of rotatable bonds is 8. The Morgan fingerprint density at radius 1 is 0.339 bits per heavy atom. The Hall–Kier alpha value is -7.21. The van der Waals surface area contributed by atoms with E-state index >= 15 is 0 Å². The first-order valence-corrected chi connectivity index (χ1v) is 19.5. The van der Waals surface area contributed by atoms with Gasteiger partial charge in [0.25, 0.3) is 0 Å². The fourth-order valence-electron chi connectivity index (χ4n) is 7.41. The van der Waals surface area contributed by atoms with Gasteiger partial charge >= 0.3 is 0 Å². The number of fused-ring (bicyclic) bond motifs is 3. The van der Waals surface area contributed by atoms with Crippen molar-refractivity contribution in [3.8, 4) is 67.5 Å². The summed E-state index contributed by atoms with van der Waals surface area (Å²) in [4.78, 5) is 15.4. The first-order valence-electron chi connectivity index (χ1n) is 18.7. The molecule has 0 aliphatic rings. The predicted molar refractivity (Wildman–Crippen MR) is 235 cm³/mol. The summed E-state index contributed by atoms with van der Waals surface area (Å²) < 4.78 is 2.46. The highest BCUT2D eigenvalue weighted by Gasteiger charge is 2.20. The van der Waals surface area contributed by atoms with Crippen molar-refractivity contribution in [3.63, 3.8) is 0 Å². The van der Waals surface area contributed by atoms with Gasteiger partial charge in [-0.1, -0.05) is 164 Å². The van der Waals surface area contributed by atoms with Gasteiger partial charge in [0.1, 0.15) is 0 Å². The van der Waals surface area contributed by atoms with Gasteiger partial charge in [0.2, 0.25) is 0 Å². The third kappa shape index (κ3) is 6.40. The Balaban J connectivity index is 1.21. The first-order chi connectivity index (χ1) is 27.7. The van der Waals surface area contributed by atoms with Gasteiger partial charge in [-0.2, -0.15) is 0 Å². The average Bonchev–Trinajstić information content (AvgIpc) is 3.66. The van der Waals surface area contributed by atoms with Crippen molar-refractivity contribution in [2.75, 3.05) is 5.32 Å². The number of hydrogen-bond donors (Lipinski definition) is 1. The molecule has 0 aliphatic heterocycles. The van der Waals surface area contributed by atoms with Gasteiger partial charge in [0.05, 0.1) is 5.69 Å². The van der Waals surface area contributed by atoms with Crippen LogP contribution in [0.4, 0.5) is 11.4 Å². The molecule has 264 valence electrons. The third-order valence-corrected chi connectivity index (χ3v) is 11.3. The Kier molecular flexibility index (Phi) is 8.67. The summed E-state index contributed by atoms with van der Waals surface area (Å²) in [5, 5.41) is 6.24. The highest BCUT2D eigenvalue weighted by Crippen LogP contribution is 2.46. The largest absolute Gasteiger partial charge is 0.354 e. The van der Waals surface area contributed by atoms with Crippen molar-refractivity contribution >= 4 is 42.9 Å². The number of aromatic nitrogens is 3. The maximum absolute atomic E-state index is 5.20. The van der Waals surface area contributed by atoms with E-state index in [-0.39, 0.29) is 0 Å². The molecular weight excluding hydrogens is 701 g/mol. The molecule has 8 aromatic carbocycles. The molecule has 0 atom stereocenters. The van der Waals surface area contributed by atoms with Gasteiger partial charge in [0, 0.05) is 48.1 Å². The summed E-state index contributed by atoms with van der Waals surface area (Å²) in [5.74, 6) is 1.89. The van der Waals surface area contributed by atoms with Crippen LogP contribution in [0.15, 0.2) is 200 Å². The van der Waals surface area contributed by atoms with Crippen LogP contribution in [0.1, 0.15) is 0 Å². The van der Waals surface area contributed by atoms with E-state index in [9.17, 15) is 0 Å². The average molecular weight is 735 g/mol. The van der Waals surface area contributed by atoms with Gasteiger partial charge in [-0.05, 0) is 64.2 Å². The maximum atomic E-state index is 5.20. The SMILES string of the molecule is c1ccc(Nc2c(-c3ccccc3)ccc3sc4ccc(-c5ccc(-c6ccccc6)cc5-c5nc(-c6ccccc6)nc(-c6ccccc6)n5)cc4c23)cc1. The number of thiophene rings is 1. The molecule has 0 saturated heterocycles. The molecule has 0 unspecified atom stereocenters. The van der Waals surface area contributed by atoms with E-state index < -0.39 is 0 Å². The smallest absolute Gasteiger partial charge is 0.164 e. The maximum Gasteiger partial charge on any atom is 0.164 e. The van der Waals surface area contributed by atoms with Gasteiger partial charge in [-0.3, -0.25) is 0 Å². The molecular formula is C51H34N4S. The zero-order valence-corrected chi connectivity index (χ0v) is 31.1. The second-order valence-electron chi connectivity index (χ2n) is 13.7. The van der Waals surface area contributed by atoms with E-state index in [4.69, 9.17) is 15.0 Å². The molecule has 0 radical (unpaired) electrons. The molecule has 1 N–H and O–H groups in total. The zero-order chi connectivity index (χ0) is 37.3. The second-order valence-corrected chi connectivity index (χ2v) is 14.8.